The Balaban J connectivity index is 1.79. The van der Waals surface area contributed by atoms with Gasteiger partial charge in [-0.2, -0.15) is 5.21 Å². The van der Waals surface area contributed by atoms with E-state index in [4.69, 9.17) is 4.74 Å². The Bertz CT molecular complexity index is 249. The van der Waals surface area contributed by atoms with Crippen molar-refractivity contribution in [2.45, 2.75) is 19.4 Å². The number of H-pyrrole nitrogens is 1. The highest BCUT2D eigenvalue weighted by Crippen LogP contribution is 2.19. The average Bonchev–Trinajstić information content (AvgIpc) is 2.72. The van der Waals surface area contributed by atoms with Crippen molar-refractivity contribution < 1.29 is 4.74 Å². The van der Waals surface area contributed by atoms with Crippen LogP contribution in [0.3, 0.4) is 0 Å². The first-order valence-corrected chi connectivity index (χ1v) is 4.45. The number of anilines is 1. The first-order valence-electron chi connectivity index (χ1n) is 4.45. The Hall–Kier alpha value is -1.17. The molecule has 6 heteroatoms. The van der Waals surface area contributed by atoms with Gasteiger partial charge in [-0.05, 0) is 18.6 Å². The molecule has 2 unspecified atom stereocenters. The predicted octanol–water partition coefficient (Wildman–Crippen LogP) is 0.0366. The van der Waals surface area contributed by atoms with Crippen molar-refractivity contribution in [3.63, 3.8) is 0 Å². The third-order valence-electron chi connectivity index (χ3n) is 2.40. The maximum absolute atomic E-state index is 5.43. The van der Waals surface area contributed by atoms with Crippen LogP contribution in [0.5, 0.6) is 0 Å². The van der Waals surface area contributed by atoms with Crippen molar-refractivity contribution >= 4 is 5.95 Å². The SMILES string of the molecule is CC1OCCC1CNc1nn[nH]n1. The van der Waals surface area contributed by atoms with Crippen LogP contribution in [-0.4, -0.2) is 39.9 Å². The van der Waals surface area contributed by atoms with Crippen molar-refractivity contribution in [2.24, 2.45) is 5.92 Å². The van der Waals surface area contributed by atoms with Crippen molar-refractivity contribution in [1.82, 2.24) is 20.6 Å². The highest BCUT2D eigenvalue weighted by atomic mass is 16.5. The predicted molar refractivity (Wildman–Crippen MR) is 46.2 cm³/mol. The summed E-state index contributed by atoms with van der Waals surface area (Å²) in [7, 11) is 0. The Kier molecular flexibility index (Phi) is 2.40. The summed E-state index contributed by atoms with van der Waals surface area (Å²) in [6.07, 6.45) is 1.44. The number of nitrogens with zero attached hydrogens (tertiary/aromatic N) is 3. The quantitative estimate of drug-likeness (QED) is 0.691. The molecule has 1 aliphatic heterocycles. The van der Waals surface area contributed by atoms with Crippen LogP contribution in [0.2, 0.25) is 0 Å². The van der Waals surface area contributed by atoms with Crippen LogP contribution in [-0.2, 0) is 4.74 Å². The minimum Gasteiger partial charge on any atom is -0.378 e. The topological polar surface area (TPSA) is 75.7 Å². The van der Waals surface area contributed by atoms with E-state index in [0.29, 0.717) is 18.0 Å². The molecule has 1 aliphatic rings. The van der Waals surface area contributed by atoms with Gasteiger partial charge in [0.1, 0.15) is 0 Å². The highest BCUT2D eigenvalue weighted by Gasteiger charge is 2.23. The zero-order valence-electron chi connectivity index (χ0n) is 7.53. The maximum atomic E-state index is 5.43. The molecule has 1 fully saturated rings. The number of aromatic amines is 1. The lowest BCUT2D eigenvalue weighted by Gasteiger charge is -2.13. The largest absolute Gasteiger partial charge is 0.378 e. The van der Waals surface area contributed by atoms with Gasteiger partial charge in [-0.3, -0.25) is 0 Å². The molecule has 0 bridgehead atoms. The number of nitrogens with one attached hydrogen (secondary N) is 2. The second kappa shape index (κ2) is 3.69. The summed E-state index contributed by atoms with van der Waals surface area (Å²) < 4.78 is 5.43. The van der Waals surface area contributed by atoms with Crippen LogP contribution in [0.4, 0.5) is 5.95 Å². The Labute approximate surface area is 76.1 Å². The van der Waals surface area contributed by atoms with E-state index in [0.717, 1.165) is 19.6 Å². The Morgan fingerprint density at radius 2 is 2.62 bits per heavy atom. The van der Waals surface area contributed by atoms with Gasteiger partial charge < -0.3 is 10.1 Å². The minimum atomic E-state index is 0.333. The summed E-state index contributed by atoms with van der Waals surface area (Å²) in [5, 5.41) is 16.6. The van der Waals surface area contributed by atoms with Gasteiger partial charge in [0.15, 0.2) is 0 Å². The van der Waals surface area contributed by atoms with Crippen molar-refractivity contribution in [3.05, 3.63) is 0 Å². The Morgan fingerprint density at radius 1 is 1.69 bits per heavy atom. The first kappa shape index (κ1) is 8.43. The van der Waals surface area contributed by atoms with Crippen molar-refractivity contribution in [1.29, 1.82) is 0 Å². The van der Waals surface area contributed by atoms with Gasteiger partial charge in [0.2, 0.25) is 0 Å². The van der Waals surface area contributed by atoms with E-state index in [9.17, 15) is 0 Å². The molecule has 2 atom stereocenters. The normalized spacial score (nSPS) is 27.8. The number of hydrogen-bond acceptors (Lipinski definition) is 5. The fourth-order valence-electron chi connectivity index (χ4n) is 1.50. The van der Waals surface area contributed by atoms with Gasteiger partial charge in [-0.15, -0.1) is 5.10 Å². The van der Waals surface area contributed by atoms with Crippen LogP contribution < -0.4 is 5.32 Å². The molecule has 2 rings (SSSR count). The molecule has 0 amide bonds. The number of hydrogen-bond donors (Lipinski definition) is 2. The van der Waals surface area contributed by atoms with Gasteiger partial charge >= 0.3 is 0 Å². The monoisotopic (exact) mass is 183 g/mol. The molecule has 1 aromatic heterocycles. The Morgan fingerprint density at radius 3 is 3.23 bits per heavy atom. The average molecular weight is 183 g/mol. The molecule has 0 radical (unpaired) electrons. The van der Waals surface area contributed by atoms with Crippen LogP contribution in [0, 0.1) is 5.92 Å². The van der Waals surface area contributed by atoms with E-state index < -0.39 is 0 Å². The van der Waals surface area contributed by atoms with Gasteiger partial charge in [-0.25, -0.2) is 0 Å². The minimum absolute atomic E-state index is 0.333. The van der Waals surface area contributed by atoms with E-state index in [-0.39, 0.29) is 0 Å². The molecule has 1 saturated heterocycles. The van der Waals surface area contributed by atoms with Gasteiger partial charge in [0.25, 0.3) is 5.95 Å². The van der Waals surface area contributed by atoms with Crippen LogP contribution in [0.15, 0.2) is 0 Å². The van der Waals surface area contributed by atoms with Crippen molar-refractivity contribution in [3.8, 4) is 0 Å². The standard InChI is InChI=1S/C7H13N5O/c1-5-6(2-3-13-5)4-8-7-9-11-12-10-7/h5-6H,2-4H2,1H3,(H2,8,9,10,11,12). The molecule has 0 aromatic carbocycles. The lowest BCUT2D eigenvalue weighted by Crippen LogP contribution is -2.21. The fourth-order valence-corrected chi connectivity index (χ4v) is 1.50. The van der Waals surface area contributed by atoms with E-state index >= 15 is 0 Å². The fraction of sp³-hybridized carbons (Fsp3) is 0.857. The van der Waals surface area contributed by atoms with Crippen LogP contribution >= 0.6 is 0 Å². The zero-order valence-corrected chi connectivity index (χ0v) is 7.53. The number of rotatable bonds is 3. The maximum Gasteiger partial charge on any atom is 0.263 e. The molecular weight excluding hydrogens is 170 g/mol. The molecular formula is C7H13N5O. The summed E-state index contributed by atoms with van der Waals surface area (Å²) in [5.74, 6) is 1.11. The third kappa shape index (κ3) is 1.95. The van der Waals surface area contributed by atoms with Gasteiger partial charge in [-0.1, -0.05) is 5.10 Å². The molecule has 13 heavy (non-hydrogen) atoms. The lowest BCUT2D eigenvalue weighted by atomic mass is 10.0. The molecule has 2 N–H and O–H groups in total. The zero-order chi connectivity index (χ0) is 9.10. The van der Waals surface area contributed by atoms with E-state index in [1.54, 1.807) is 0 Å². The third-order valence-corrected chi connectivity index (χ3v) is 2.40. The summed E-state index contributed by atoms with van der Waals surface area (Å²) in [5.41, 5.74) is 0. The molecule has 0 spiro atoms. The molecule has 2 heterocycles. The molecule has 0 saturated carbocycles. The molecule has 6 nitrogen and oxygen atoms in total. The summed E-state index contributed by atoms with van der Waals surface area (Å²) >= 11 is 0. The van der Waals surface area contributed by atoms with Gasteiger partial charge in [0.05, 0.1) is 6.10 Å². The number of ether oxygens (including phenoxy) is 1. The van der Waals surface area contributed by atoms with E-state index in [1.807, 2.05) is 0 Å². The second-order valence-electron chi connectivity index (χ2n) is 3.24. The smallest absolute Gasteiger partial charge is 0.263 e. The van der Waals surface area contributed by atoms with Gasteiger partial charge in [0, 0.05) is 19.1 Å². The van der Waals surface area contributed by atoms with Crippen LogP contribution in [0.25, 0.3) is 0 Å². The first-order chi connectivity index (χ1) is 6.36. The molecule has 0 aliphatic carbocycles. The highest BCUT2D eigenvalue weighted by molar-refractivity contribution is 5.18. The second-order valence-corrected chi connectivity index (χ2v) is 3.24. The van der Waals surface area contributed by atoms with E-state index in [1.165, 1.54) is 0 Å². The molecule has 1 aromatic rings. The lowest BCUT2D eigenvalue weighted by molar-refractivity contribution is 0.108. The summed E-state index contributed by atoms with van der Waals surface area (Å²) in [6.45, 7) is 3.80. The van der Waals surface area contributed by atoms with E-state index in [2.05, 4.69) is 32.9 Å². The number of tetrazole rings is 1. The van der Waals surface area contributed by atoms with Crippen LogP contribution in [0.1, 0.15) is 13.3 Å². The molecule has 72 valence electrons. The van der Waals surface area contributed by atoms with Crippen molar-refractivity contribution in [2.75, 3.05) is 18.5 Å². The number of aromatic nitrogens is 4. The summed E-state index contributed by atoms with van der Waals surface area (Å²) in [6, 6.07) is 0. The summed E-state index contributed by atoms with van der Waals surface area (Å²) in [4.78, 5) is 0.